The van der Waals surface area contributed by atoms with Gasteiger partial charge >= 0.3 is 0 Å². The number of aryl methyl sites for hydroxylation is 1. The van der Waals surface area contributed by atoms with Crippen LogP contribution in [0.15, 0.2) is 40.1 Å². The molecule has 1 aromatic carbocycles. The number of piperidine rings is 1. The molecule has 3 aromatic rings. The first-order valence-corrected chi connectivity index (χ1v) is 18.0. The van der Waals surface area contributed by atoms with Crippen LogP contribution in [0, 0.1) is 18.8 Å². The Kier molecular flexibility index (Phi) is 12.5. The average Bonchev–Trinajstić information content (AvgIpc) is 3.73. The number of benzene rings is 1. The highest BCUT2D eigenvalue weighted by molar-refractivity contribution is 7.09. The smallest absolute Gasteiger partial charge is 0.274 e. The van der Waals surface area contributed by atoms with Gasteiger partial charge < -0.3 is 35.3 Å². The van der Waals surface area contributed by atoms with Crippen molar-refractivity contribution in [2.45, 2.75) is 65.0 Å². The van der Waals surface area contributed by atoms with Gasteiger partial charge in [-0.25, -0.2) is 9.97 Å². The highest BCUT2D eigenvalue weighted by atomic mass is 32.1. The van der Waals surface area contributed by atoms with Crippen LogP contribution < -0.4 is 16.0 Å². The highest BCUT2D eigenvalue weighted by Gasteiger charge is 2.31. The molecule has 4 bridgehead atoms. The molecule has 5 rings (SSSR count). The average molecular weight is 694 g/mol. The summed E-state index contributed by atoms with van der Waals surface area (Å²) >= 11 is 1.29. The molecule has 2 aliphatic heterocycles. The zero-order valence-corrected chi connectivity index (χ0v) is 29.3. The summed E-state index contributed by atoms with van der Waals surface area (Å²) in [6, 6.07) is 8.56. The fourth-order valence-electron chi connectivity index (χ4n) is 6.31. The first-order valence-electron chi connectivity index (χ1n) is 17.1. The molecule has 2 aliphatic rings. The van der Waals surface area contributed by atoms with Gasteiger partial charge in [-0.15, -0.1) is 11.3 Å². The number of fused-ring (bicyclic) bond motifs is 4. The van der Waals surface area contributed by atoms with E-state index in [1.165, 1.54) is 11.3 Å². The lowest BCUT2D eigenvalue weighted by Gasteiger charge is -2.34. The largest absolute Gasteiger partial charge is 0.443 e. The summed E-state index contributed by atoms with van der Waals surface area (Å²) in [6.45, 7) is 8.59. The number of amides is 4. The van der Waals surface area contributed by atoms with E-state index in [0.29, 0.717) is 56.1 Å². The monoisotopic (exact) mass is 693 g/mol. The number of carbonyl (C=O) groups is 4. The molecule has 0 spiro atoms. The molecule has 49 heavy (non-hydrogen) atoms. The molecule has 14 heteroatoms. The van der Waals surface area contributed by atoms with Crippen molar-refractivity contribution in [2.75, 3.05) is 45.9 Å². The van der Waals surface area contributed by atoms with Gasteiger partial charge in [0.25, 0.3) is 11.8 Å². The van der Waals surface area contributed by atoms with Crippen molar-refractivity contribution in [3.63, 3.8) is 0 Å². The maximum absolute atomic E-state index is 13.7. The summed E-state index contributed by atoms with van der Waals surface area (Å²) < 4.78 is 6.02. The zero-order chi connectivity index (χ0) is 34.9. The first-order chi connectivity index (χ1) is 23.6. The van der Waals surface area contributed by atoms with Gasteiger partial charge in [0, 0.05) is 50.3 Å². The van der Waals surface area contributed by atoms with Crippen LogP contribution in [0.1, 0.15) is 94.8 Å². The predicted molar refractivity (Wildman–Crippen MR) is 184 cm³/mol. The third-order valence-electron chi connectivity index (χ3n) is 9.08. The van der Waals surface area contributed by atoms with Gasteiger partial charge in [0.2, 0.25) is 17.7 Å². The molecular formula is C35H47N7O6S. The van der Waals surface area contributed by atoms with Crippen LogP contribution in [-0.4, -0.2) is 94.4 Å². The normalized spacial score (nSPS) is 20.8. The Labute approximate surface area is 290 Å². The van der Waals surface area contributed by atoms with Gasteiger partial charge in [-0.3, -0.25) is 19.2 Å². The van der Waals surface area contributed by atoms with E-state index < -0.39 is 18.0 Å². The second-order valence-electron chi connectivity index (χ2n) is 13.1. The Hall–Kier alpha value is -4.14. The van der Waals surface area contributed by atoms with Gasteiger partial charge in [0.1, 0.15) is 22.5 Å². The molecule has 2 aromatic heterocycles. The van der Waals surface area contributed by atoms with Crippen LogP contribution in [0.2, 0.25) is 0 Å². The second kappa shape index (κ2) is 17.0. The lowest BCUT2D eigenvalue weighted by molar-refractivity contribution is -0.137. The zero-order valence-electron chi connectivity index (χ0n) is 28.4. The molecule has 4 N–H and O–H groups in total. The van der Waals surface area contributed by atoms with E-state index in [-0.39, 0.29) is 66.4 Å². The van der Waals surface area contributed by atoms with E-state index in [0.717, 1.165) is 18.7 Å². The fraction of sp³-hybridized carbons (Fsp3) is 0.543. The van der Waals surface area contributed by atoms with E-state index in [9.17, 15) is 24.3 Å². The van der Waals surface area contributed by atoms with E-state index in [4.69, 9.17) is 4.42 Å². The quantitative estimate of drug-likeness (QED) is 0.303. The van der Waals surface area contributed by atoms with E-state index >= 15 is 0 Å². The van der Waals surface area contributed by atoms with Crippen molar-refractivity contribution in [2.24, 2.45) is 11.8 Å². The van der Waals surface area contributed by atoms with Crippen LogP contribution in [0.5, 0.6) is 0 Å². The minimum atomic E-state index is -0.625. The number of likely N-dealkylation sites (tertiary alicyclic amines) is 1. The number of aliphatic hydroxyl groups excluding tert-OH is 1. The molecule has 13 nitrogen and oxygen atoms in total. The SMILES string of the molecule is Cc1oc2nc1C(=O)N[C@@H](C(C)C)c1nc(cs1)C(=O)NCCN(C(=O)C1CCN(CCO)CC1)CCCC(=O)N[C@H]2Cc1ccccc1. The number of hydrogen-bond acceptors (Lipinski definition) is 10. The minimum absolute atomic E-state index is 0.0108. The summed E-state index contributed by atoms with van der Waals surface area (Å²) in [5.74, 6) is -0.670. The maximum Gasteiger partial charge on any atom is 0.274 e. The summed E-state index contributed by atoms with van der Waals surface area (Å²) in [5, 5.41) is 20.5. The number of hydrogen-bond donors (Lipinski definition) is 4. The third-order valence-corrected chi connectivity index (χ3v) is 10.0. The van der Waals surface area contributed by atoms with Crippen LogP contribution in [0.25, 0.3) is 0 Å². The molecule has 4 amide bonds. The van der Waals surface area contributed by atoms with Crippen molar-refractivity contribution in [1.82, 2.24) is 35.7 Å². The Morgan fingerprint density at radius 1 is 1.04 bits per heavy atom. The van der Waals surface area contributed by atoms with Crippen molar-refractivity contribution >= 4 is 35.0 Å². The van der Waals surface area contributed by atoms with Crippen LogP contribution in [-0.2, 0) is 16.0 Å². The number of nitrogens with one attached hydrogen (secondary N) is 3. The lowest BCUT2D eigenvalue weighted by atomic mass is 9.95. The van der Waals surface area contributed by atoms with Crippen LogP contribution in [0.3, 0.4) is 0 Å². The number of rotatable bonds is 6. The molecule has 264 valence electrons. The van der Waals surface area contributed by atoms with Gasteiger partial charge in [-0.2, -0.15) is 0 Å². The Morgan fingerprint density at radius 3 is 2.51 bits per heavy atom. The number of aromatic nitrogens is 2. The molecule has 2 atom stereocenters. The first kappa shape index (κ1) is 36.1. The number of nitrogens with zero attached hydrogens (tertiary/aromatic N) is 4. The summed E-state index contributed by atoms with van der Waals surface area (Å²) in [5.41, 5.74) is 1.32. The standard InChI is InChI=1S/C35H47N7O6S/c1-22(2)29-34-38-27(21-49-34)31(45)36-13-17-42(35(47)25-11-15-41(16-12-25)18-19-43)14-7-10-28(44)37-26(20-24-8-5-4-6-9-24)33-40-30(23(3)48-33)32(46)39-29/h4-6,8-9,21-22,25-26,29,43H,7,10-20H2,1-3H3,(H,36,45)(H,37,44)(H,39,46)/t26-,29-/m0/s1. The molecule has 0 unspecified atom stereocenters. The molecular weight excluding hydrogens is 646 g/mol. The van der Waals surface area contributed by atoms with Gasteiger partial charge in [0.05, 0.1) is 12.6 Å². The Balaban J connectivity index is 1.40. The maximum atomic E-state index is 13.7. The summed E-state index contributed by atoms with van der Waals surface area (Å²) in [7, 11) is 0. The molecule has 1 saturated heterocycles. The molecule has 4 heterocycles. The second-order valence-corrected chi connectivity index (χ2v) is 13.9. The van der Waals surface area contributed by atoms with Gasteiger partial charge in [-0.05, 0) is 50.8 Å². The van der Waals surface area contributed by atoms with Crippen molar-refractivity contribution < 1.29 is 28.7 Å². The Bertz CT molecular complexity index is 1580. The topological polar surface area (TPSA) is 170 Å². The number of aliphatic hydroxyl groups is 1. The molecule has 0 radical (unpaired) electrons. The van der Waals surface area contributed by atoms with Crippen LogP contribution in [0.4, 0.5) is 0 Å². The van der Waals surface area contributed by atoms with E-state index in [1.54, 1.807) is 17.2 Å². The number of thiazole rings is 1. The van der Waals surface area contributed by atoms with E-state index in [2.05, 4.69) is 30.8 Å². The molecule has 0 saturated carbocycles. The van der Waals surface area contributed by atoms with Gasteiger partial charge in [-0.1, -0.05) is 44.2 Å². The number of β-amino-alcohol motifs (C(OH)–C–C–N with tert-alkyl or cyclic N) is 1. The van der Waals surface area contributed by atoms with Crippen LogP contribution >= 0.6 is 11.3 Å². The van der Waals surface area contributed by atoms with Crippen molar-refractivity contribution in [3.05, 3.63) is 69.3 Å². The minimum Gasteiger partial charge on any atom is -0.443 e. The predicted octanol–water partition coefficient (Wildman–Crippen LogP) is 3.02. The third kappa shape index (κ3) is 9.52. The number of oxazole rings is 1. The summed E-state index contributed by atoms with van der Waals surface area (Å²) in [4.78, 5) is 66.8. The van der Waals surface area contributed by atoms with Gasteiger partial charge in [0.15, 0.2) is 5.69 Å². The lowest BCUT2D eigenvalue weighted by Crippen LogP contribution is -2.46. The number of carbonyl (C=O) groups excluding carboxylic acids is 4. The Morgan fingerprint density at radius 2 is 1.80 bits per heavy atom. The summed E-state index contributed by atoms with van der Waals surface area (Å²) in [6.07, 6.45) is 2.35. The van der Waals surface area contributed by atoms with E-state index in [1.807, 2.05) is 44.2 Å². The fourth-order valence-corrected chi connectivity index (χ4v) is 7.33. The molecule has 0 aliphatic carbocycles. The van der Waals surface area contributed by atoms with Crippen molar-refractivity contribution in [3.8, 4) is 0 Å². The van der Waals surface area contributed by atoms with Crippen molar-refractivity contribution in [1.29, 1.82) is 0 Å². The highest BCUT2D eigenvalue weighted by Crippen LogP contribution is 2.27. The molecule has 1 fully saturated rings.